The minimum atomic E-state index is -0.421. The number of hydrogen-bond donors (Lipinski definition) is 0. The Kier molecular flexibility index (Phi) is 8.46. The smallest absolute Gasteiger partial charge is 0.0991 e. The number of unbranched alkanes of at least 4 members (excludes halogenated alkanes) is 6. The number of nitrogens with zero attached hydrogens (tertiary/aromatic N) is 1. The van der Waals surface area contributed by atoms with Crippen molar-refractivity contribution in [2.75, 3.05) is 0 Å². The Morgan fingerprint density at radius 1 is 0.957 bits per heavy atom. The lowest BCUT2D eigenvalue weighted by atomic mass is 9.93. The van der Waals surface area contributed by atoms with Crippen molar-refractivity contribution in [3.05, 3.63) is 35.4 Å². The van der Waals surface area contributed by atoms with Gasteiger partial charge in [-0.05, 0) is 36.5 Å². The van der Waals surface area contributed by atoms with E-state index < -0.39 is 8.80 Å². The molecule has 0 unspecified atom stereocenters. The minimum absolute atomic E-state index is 0.421. The minimum Gasteiger partial charge on any atom is -0.192 e. The highest BCUT2D eigenvalue weighted by Gasteiger charge is 2.22. The van der Waals surface area contributed by atoms with Crippen LogP contribution in [0, 0.1) is 11.3 Å². The Labute approximate surface area is 144 Å². The van der Waals surface area contributed by atoms with Crippen molar-refractivity contribution in [3.63, 3.8) is 0 Å². The van der Waals surface area contributed by atoms with Gasteiger partial charge in [-0.15, -0.1) is 0 Å². The third kappa shape index (κ3) is 6.51. The van der Waals surface area contributed by atoms with Crippen molar-refractivity contribution < 1.29 is 0 Å². The van der Waals surface area contributed by atoms with Crippen LogP contribution >= 0.6 is 0 Å². The average Bonchev–Trinajstić information content (AvgIpc) is 2.61. The van der Waals surface area contributed by atoms with E-state index in [9.17, 15) is 0 Å². The standard InChI is InChI=1S/C21H33NSi/c1-2-3-4-5-6-7-8-15-23-16-13-21(14-17-23)20-11-9-19(18-22)10-12-20/h9-12,21,23H,2-8,13-17H2,1H3/t21-,23-. The molecule has 23 heavy (non-hydrogen) atoms. The van der Waals surface area contributed by atoms with E-state index in [-0.39, 0.29) is 0 Å². The van der Waals surface area contributed by atoms with E-state index in [0.29, 0.717) is 0 Å². The first kappa shape index (κ1) is 18.3. The molecule has 126 valence electrons. The molecule has 0 aromatic heterocycles. The summed E-state index contributed by atoms with van der Waals surface area (Å²) in [6.07, 6.45) is 12.9. The molecule has 0 spiro atoms. The fourth-order valence-electron chi connectivity index (χ4n) is 4.00. The van der Waals surface area contributed by atoms with Crippen LogP contribution < -0.4 is 0 Å². The maximum atomic E-state index is 8.89. The van der Waals surface area contributed by atoms with Crippen LogP contribution in [0.1, 0.15) is 81.8 Å². The summed E-state index contributed by atoms with van der Waals surface area (Å²) in [6, 6.07) is 15.2. The molecule has 0 aliphatic carbocycles. The fraction of sp³-hybridized carbons (Fsp3) is 0.667. The summed E-state index contributed by atoms with van der Waals surface area (Å²) in [5.74, 6) is 0.764. The molecule has 0 amide bonds. The molecule has 1 nitrogen and oxygen atoms in total. The Balaban J connectivity index is 1.59. The number of nitriles is 1. The maximum Gasteiger partial charge on any atom is 0.0991 e. The zero-order valence-electron chi connectivity index (χ0n) is 14.9. The SMILES string of the molecule is CCCCCCCCC[Si@H]1CC[C@H](c2ccc(C#N)cc2)CC1. The first-order valence-electron chi connectivity index (χ1n) is 9.83. The maximum absolute atomic E-state index is 8.89. The topological polar surface area (TPSA) is 23.8 Å². The summed E-state index contributed by atoms with van der Waals surface area (Å²) in [5, 5.41) is 8.89. The van der Waals surface area contributed by atoms with Gasteiger partial charge in [-0.1, -0.05) is 82.1 Å². The molecular weight excluding hydrogens is 294 g/mol. The molecule has 0 bridgehead atoms. The van der Waals surface area contributed by atoms with Crippen molar-refractivity contribution in [2.45, 2.75) is 88.8 Å². The van der Waals surface area contributed by atoms with Crippen LogP contribution in [0.15, 0.2) is 24.3 Å². The molecular formula is C21H33NSi. The van der Waals surface area contributed by atoms with E-state index in [1.54, 1.807) is 18.1 Å². The lowest BCUT2D eigenvalue weighted by Crippen LogP contribution is -2.20. The van der Waals surface area contributed by atoms with Crippen LogP contribution in [-0.2, 0) is 0 Å². The van der Waals surface area contributed by atoms with Crippen LogP contribution in [0.4, 0.5) is 0 Å². The van der Waals surface area contributed by atoms with Gasteiger partial charge in [0.15, 0.2) is 0 Å². The second kappa shape index (κ2) is 10.7. The van der Waals surface area contributed by atoms with Gasteiger partial charge < -0.3 is 0 Å². The summed E-state index contributed by atoms with van der Waals surface area (Å²) in [4.78, 5) is 0. The van der Waals surface area contributed by atoms with E-state index in [2.05, 4.69) is 25.1 Å². The first-order valence-corrected chi connectivity index (χ1v) is 12.3. The zero-order valence-corrected chi connectivity index (χ0v) is 16.1. The highest BCUT2D eigenvalue weighted by molar-refractivity contribution is 6.59. The van der Waals surface area contributed by atoms with Gasteiger partial charge in [0, 0.05) is 8.80 Å². The van der Waals surface area contributed by atoms with Crippen molar-refractivity contribution in [1.82, 2.24) is 0 Å². The van der Waals surface area contributed by atoms with Crippen molar-refractivity contribution >= 4 is 8.80 Å². The van der Waals surface area contributed by atoms with Gasteiger partial charge in [0.25, 0.3) is 0 Å². The predicted molar refractivity (Wildman–Crippen MR) is 103 cm³/mol. The Morgan fingerprint density at radius 3 is 2.17 bits per heavy atom. The van der Waals surface area contributed by atoms with Gasteiger partial charge in [-0.3, -0.25) is 0 Å². The Bertz CT molecular complexity index is 466. The highest BCUT2D eigenvalue weighted by Crippen LogP contribution is 2.35. The Morgan fingerprint density at radius 2 is 1.57 bits per heavy atom. The molecule has 0 saturated carbocycles. The first-order chi connectivity index (χ1) is 11.3. The molecule has 0 radical (unpaired) electrons. The van der Waals surface area contributed by atoms with Crippen LogP contribution in [0.3, 0.4) is 0 Å². The van der Waals surface area contributed by atoms with Gasteiger partial charge in [0.1, 0.15) is 0 Å². The lowest BCUT2D eigenvalue weighted by Gasteiger charge is -2.28. The molecule has 1 aliphatic heterocycles. The number of hydrogen-bond acceptors (Lipinski definition) is 1. The summed E-state index contributed by atoms with van der Waals surface area (Å²) < 4.78 is 0. The van der Waals surface area contributed by atoms with Gasteiger partial charge in [0.05, 0.1) is 11.6 Å². The van der Waals surface area contributed by atoms with Crippen LogP contribution in [-0.4, -0.2) is 8.80 Å². The fourth-order valence-corrected chi connectivity index (χ4v) is 7.48. The quantitative estimate of drug-likeness (QED) is 0.379. The van der Waals surface area contributed by atoms with E-state index in [1.165, 1.54) is 63.4 Å². The average molecular weight is 328 g/mol. The molecule has 0 atom stereocenters. The van der Waals surface area contributed by atoms with E-state index in [0.717, 1.165) is 11.5 Å². The molecule has 1 aromatic rings. The molecule has 2 heteroatoms. The second-order valence-corrected chi connectivity index (χ2v) is 10.8. The third-order valence-corrected chi connectivity index (χ3v) is 9.10. The molecule has 1 heterocycles. The highest BCUT2D eigenvalue weighted by atomic mass is 28.3. The summed E-state index contributed by atoms with van der Waals surface area (Å²) in [7, 11) is -0.421. The molecule has 1 fully saturated rings. The van der Waals surface area contributed by atoms with Gasteiger partial charge >= 0.3 is 0 Å². The lowest BCUT2D eigenvalue weighted by molar-refractivity contribution is 0.589. The molecule has 2 rings (SSSR count). The van der Waals surface area contributed by atoms with Crippen LogP contribution in [0.5, 0.6) is 0 Å². The number of benzene rings is 1. The summed E-state index contributed by atoms with van der Waals surface area (Å²) in [6.45, 7) is 2.29. The van der Waals surface area contributed by atoms with Crippen molar-refractivity contribution in [3.8, 4) is 6.07 Å². The summed E-state index contributed by atoms with van der Waals surface area (Å²) >= 11 is 0. The summed E-state index contributed by atoms with van der Waals surface area (Å²) in [5.41, 5.74) is 2.25. The van der Waals surface area contributed by atoms with E-state index in [1.807, 2.05) is 12.1 Å². The van der Waals surface area contributed by atoms with E-state index in [4.69, 9.17) is 5.26 Å². The third-order valence-electron chi connectivity index (χ3n) is 5.57. The largest absolute Gasteiger partial charge is 0.192 e. The monoisotopic (exact) mass is 327 g/mol. The van der Waals surface area contributed by atoms with E-state index >= 15 is 0 Å². The van der Waals surface area contributed by atoms with Crippen LogP contribution in [0.25, 0.3) is 0 Å². The number of rotatable bonds is 9. The van der Waals surface area contributed by atoms with Gasteiger partial charge in [-0.25, -0.2) is 0 Å². The van der Waals surface area contributed by atoms with Gasteiger partial charge in [-0.2, -0.15) is 5.26 Å². The van der Waals surface area contributed by atoms with Crippen molar-refractivity contribution in [1.29, 1.82) is 5.26 Å². The molecule has 1 saturated heterocycles. The predicted octanol–water partition coefficient (Wildman–Crippen LogP) is 6.41. The van der Waals surface area contributed by atoms with Crippen molar-refractivity contribution in [2.24, 2.45) is 0 Å². The Hall–Kier alpha value is -1.07. The molecule has 1 aliphatic rings. The zero-order chi connectivity index (χ0) is 16.3. The normalized spacial score (nSPS) is 21.0. The molecule has 0 N–H and O–H groups in total. The van der Waals surface area contributed by atoms with Gasteiger partial charge in [0.2, 0.25) is 0 Å². The van der Waals surface area contributed by atoms with Crippen LogP contribution in [0.2, 0.25) is 18.1 Å². The molecule has 1 aromatic carbocycles. The second-order valence-electron chi connectivity index (χ2n) is 7.36.